The third-order valence-corrected chi connectivity index (χ3v) is 4.48. The molecular formula is C15H28N2O. The van der Waals surface area contributed by atoms with Gasteiger partial charge >= 0.3 is 0 Å². The van der Waals surface area contributed by atoms with Crippen molar-refractivity contribution in [3.05, 3.63) is 0 Å². The summed E-state index contributed by atoms with van der Waals surface area (Å²) in [5.74, 6) is 1.84. The van der Waals surface area contributed by atoms with Gasteiger partial charge in [-0.15, -0.1) is 0 Å². The molecule has 2 rings (SSSR count). The molecule has 3 nitrogen and oxygen atoms in total. The smallest absolute Gasteiger partial charge is 0.234 e. The summed E-state index contributed by atoms with van der Waals surface area (Å²) in [5, 5.41) is 6.46. The number of carbonyl (C=O) groups is 1. The molecule has 2 atom stereocenters. The third-order valence-electron chi connectivity index (χ3n) is 4.48. The van der Waals surface area contributed by atoms with E-state index in [2.05, 4.69) is 17.6 Å². The van der Waals surface area contributed by atoms with E-state index in [1.807, 2.05) is 0 Å². The Labute approximate surface area is 111 Å². The molecule has 0 spiro atoms. The molecule has 0 aromatic carbocycles. The van der Waals surface area contributed by atoms with Crippen LogP contribution in [0.4, 0.5) is 0 Å². The molecule has 0 radical (unpaired) electrons. The van der Waals surface area contributed by atoms with Crippen LogP contribution in [0.25, 0.3) is 0 Å². The molecule has 0 saturated heterocycles. The average Bonchev–Trinajstić information content (AvgIpc) is 2.82. The van der Waals surface area contributed by atoms with Crippen molar-refractivity contribution in [2.24, 2.45) is 11.8 Å². The van der Waals surface area contributed by atoms with E-state index in [9.17, 15) is 4.79 Å². The number of carbonyl (C=O) groups excluding carboxylic acids is 1. The van der Waals surface area contributed by atoms with Gasteiger partial charge in [0.05, 0.1) is 6.54 Å². The van der Waals surface area contributed by atoms with Crippen LogP contribution in [0.5, 0.6) is 0 Å². The van der Waals surface area contributed by atoms with Gasteiger partial charge in [0, 0.05) is 6.04 Å². The zero-order valence-corrected chi connectivity index (χ0v) is 11.7. The van der Waals surface area contributed by atoms with Gasteiger partial charge in [0.25, 0.3) is 0 Å². The number of rotatable bonds is 5. The van der Waals surface area contributed by atoms with Crippen molar-refractivity contribution in [3.63, 3.8) is 0 Å². The number of hydrogen-bond donors (Lipinski definition) is 2. The predicted molar refractivity (Wildman–Crippen MR) is 74.4 cm³/mol. The van der Waals surface area contributed by atoms with Crippen molar-refractivity contribution in [3.8, 4) is 0 Å². The highest BCUT2D eigenvalue weighted by atomic mass is 16.1. The van der Waals surface area contributed by atoms with Gasteiger partial charge in [-0.2, -0.15) is 0 Å². The second-order valence-corrected chi connectivity index (χ2v) is 6.32. The van der Waals surface area contributed by atoms with Crippen LogP contribution >= 0.6 is 0 Å². The van der Waals surface area contributed by atoms with E-state index in [4.69, 9.17) is 0 Å². The Morgan fingerprint density at radius 1 is 1.11 bits per heavy atom. The van der Waals surface area contributed by atoms with E-state index in [1.165, 1.54) is 51.4 Å². The topological polar surface area (TPSA) is 41.1 Å². The molecule has 2 aliphatic carbocycles. The van der Waals surface area contributed by atoms with Gasteiger partial charge in [-0.05, 0) is 44.1 Å². The Morgan fingerprint density at radius 3 is 2.61 bits per heavy atom. The third kappa shape index (κ3) is 4.60. The quantitative estimate of drug-likeness (QED) is 0.789. The lowest BCUT2D eigenvalue weighted by molar-refractivity contribution is -0.120. The zero-order valence-electron chi connectivity index (χ0n) is 11.7. The van der Waals surface area contributed by atoms with Crippen molar-refractivity contribution < 1.29 is 4.79 Å². The van der Waals surface area contributed by atoms with Crippen LogP contribution in [0.2, 0.25) is 0 Å². The molecule has 1 amide bonds. The summed E-state index contributed by atoms with van der Waals surface area (Å²) in [6.45, 7) is 3.86. The van der Waals surface area contributed by atoms with E-state index in [-0.39, 0.29) is 5.91 Å². The zero-order chi connectivity index (χ0) is 12.8. The van der Waals surface area contributed by atoms with Gasteiger partial charge in [-0.3, -0.25) is 4.79 Å². The molecule has 2 aliphatic rings. The van der Waals surface area contributed by atoms with Crippen LogP contribution < -0.4 is 10.6 Å². The van der Waals surface area contributed by atoms with E-state index < -0.39 is 0 Å². The van der Waals surface area contributed by atoms with Crippen LogP contribution in [0.1, 0.15) is 58.3 Å². The van der Waals surface area contributed by atoms with Crippen molar-refractivity contribution in [1.82, 2.24) is 10.6 Å². The monoisotopic (exact) mass is 252 g/mol. The van der Waals surface area contributed by atoms with Crippen LogP contribution in [0.3, 0.4) is 0 Å². The lowest BCUT2D eigenvalue weighted by Gasteiger charge is -2.26. The minimum Gasteiger partial charge on any atom is -0.352 e. The highest BCUT2D eigenvalue weighted by molar-refractivity contribution is 5.78. The van der Waals surface area contributed by atoms with Gasteiger partial charge in [0.15, 0.2) is 0 Å². The van der Waals surface area contributed by atoms with Crippen LogP contribution in [0, 0.1) is 11.8 Å². The minimum atomic E-state index is 0.186. The molecule has 0 aliphatic heterocycles. The summed E-state index contributed by atoms with van der Waals surface area (Å²) in [6.07, 6.45) is 10.3. The fraction of sp³-hybridized carbons (Fsp3) is 0.933. The SMILES string of the molecule is CC1CCCC(CNCC(=O)NC2CCCC2)C1. The predicted octanol–water partition coefficient (Wildman–Crippen LogP) is 2.46. The van der Waals surface area contributed by atoms with Crippen molar-refractivity contribution in [2.75, 3.05) is 13.1 Å². The molecule has 0 aromatic rings. The van der Waals surface area contributed by atoms with Crippen molar-refractivity contribution in [2.45, 2.75) is 64.3 Å². The maximum absolute atomic E-state index is 11.7. The summed E-state index contributed by atoms with van der Waals surface area (Å²) in [5.41, 5.74) is 0. The number of nitrogens with one attached hydrogen (secondary N) is 2. The molecule has 2 saturated carbocycles. The molecule has 0 aromatic heterocycles. The summed E-state index contributed by atoms with van der Waals surface area (Å²) >= 11 is 0. The Hall–Kier alpha value is -0.570. The molecule has 2 fully saturated rings. The van der Waals surface area contributed by atoms with Crippen LogP contribution in [0.15, 0.2) is 0 Å². The Balaban J connectivity index is 1.55. The summed E-state index contributed by atoms with van der Waals surface area (Å²) in [7, 11) is 0. The molecule has 104 valence electrons. The summed E-state index contributed by atoms with van der Waals surface area (Å²) in [4.78, 5) is 11.7. The lowest BCUT2D eigenvalue weighted by Crippen LogP contribution is -2.40. The Kier molecular flexibility index (Phi) is 5.48. The molecule has 18 heavy (non-hydrogen) atoms. The maximum atomic E-state index is 11.7. The maximum Gasteiger partial charge on any atom is 0.234 e. The fourth-order valence-electron chi connectivity index (χ4n) is 3.48. The van der Waals surface area contributed by atoms with Gasteiger partial charge in [0.2, 0.25) is 5.91 Å². The van der Waals surface area contributed by atoms with Crippen molar-refractivity contribution >= 4 is 5.91 Å². The number of hydrogen-bond acceptors (Lipinski definition) is 2. The first-order valence-electron chi connectivity index (χ1n) is 7.74. The second-order valence-electron chi connectivity index (χ2n) is 6.32. The van der Waals surface area contributed by atoms with E-state index in [1.54, 1.807) is 0 Å². The average molecular weight is 252 g/mol. The first-order valence-corrected chi connectivity index (χ1v) is 7.74. The van der Waals surface area contributed by atoms with E-state index in [0.29, 0.717) is 12.6 Å². The summed E-state index contributed by atoms with van der Waals surface area (Å²) in [6, 6.07) is 0.453. The van der Waals surface area contributed by atoms with E-state index >= 15 is 0 Å². The molecule has 3 heteroatoms. The standard InChI is InChI=1S/C15H28N2O/c1-12-5-4-6-13(9-12)10-16-11-15(18)17-14-7-2-3-8-14/h12-14,16H,2-11H2,1H3,(H,17,18). The Morgan fingerprint density at radius 2 is 1.89 bits per heavy atom. The highest BCUT2D eigenvalue weighted by Gasteiger charge is 2.19. The second kappa shape index (κ2) is 7.13. The van der Waals surface area contributed by atoms with Gasteiger partial charge in [-0.25, -0.2) is 0 Å². The Bertz CT molecular complexity index is 261. The van der Waals surface area contributed by atoms with Crippen LogP contribution in [-0.2, 0) is 4.79 Å². The highest BCUT2D eigenvalue weighted by Crippen LogP contribution is 2.27. The van der Waals surface area contributed by atoms with Crippen LogP contribution in [-0.4, -0.2) is 25.0 Å². The fourth-order valence-corrected chi connectivity index (χ4v) is 3.48. The van der Waals surface area contributed by atoms with Crippen molar-refractivity contribution in [1.29, 1.82) is 0 Å². The molecule has 0 bridgehead atoms. The van der Waals surface area contributed by atoms with E-state index in [0.717, 1.165) is 18.4 Å². The van der Waals surface area contributed by atoms with Gasteiger partial charge < -0.3 is 10.6 Å². The summed E-state index contributed by atoms with van der Waals surface area (Å²) < 4.78 is 0. The normalized spacial score (nSPS) is 29.4. The van der Waals surface area contributed by atoms with Gasteiger partial charge in [0.1, 0.15) is 0 Å². The molecule has 2 N–H and O–H groups in total. The minimum absolute atomic E-state index is 0.186. The largest absolute Gasteiger partial charge is 0.352 e. The lowest BCUT2D eigenvalue weighted by atomic mass is 9.82. The molecular weight excluding hydrogens is 224 g/mol. The molecule has 0 heterocycles. The first-order chi connectivity index (χ1) is 8.74. The first kappa shape index (κ1) is 13.9. The van der Waals surface area contributed by atoms with Gasteiger partial charge in [-0.1, -0.05) is 32.6 Å². The number of amides is 1. The molecule has 2 unspecified atom stereocenters.